The Hall–Kier alpha value is -2.47. The maximum absolute atomic E-state index is 13.7. The molecule has 98 valence electrons. The van der Waals surface area contributed by atoms with Crippen molar-refractivity contribution in [3.63, 3.8) is 0 Å². The van der Waals surface area contributed by atoms with Crippen LogP contribution < -0.4 is 16.2 Å². The summed E-state index contributed by atoms with van der Waals surface area (Å²) in [6.45, 7) is 0. The number of benzene rings is 1. The summed E-state index contributed by atoms with van der Waals surface area (Å²) in [4.78, 5) is 17.4. The average molecular weight is 260 g/mol. The molecule has 1 amide bonds. The van der Waals surface area contributed by atoms with Crippen LogP contribution in [0.2, 0.25) is 0 Å². The van der Waals surface area contributed by atoms with E-state index in [4.69, 9.17) is 5.84 Å². The number of hydrogen-bond donors (Lipinski definition) is 2. The van der Waals surface area contributed by atoms with Crippen molar-refractivity contribution in [2.24, 2.45) is 5.84 Å². The number of pyridine rings is 1. The highest BCUT2D eigenvalue weighted by molar-refractivity contribution is 6.09. The van der Waals surface area contributed by atoms with Gasteiger partial charge in [-0.1, -0.05) is 12.1 Å². The Labute approximate surface area is 109 Å². The Balaban J connectivity index is 2.37. The lowest BCUT2D eigenvalue weighted by Gasteiger charge is -2.19. The van der Waals surface area contributed by atoms with Crippen LogP contribution in [0.1, 0.15) is 10.4 Å². The number of hydrazine groups is 1. The van der Waals surface area contributed by atoms with Gasteiger partial charge in [0.2, 0.25) is 0 Å². The van der Waals surface area contributed by atoms with E-state index in [1.54, 1.807) is 12.1 Å². The number of para-hydroxylation sites is 1. The first kappa shape index (κ1) is 13.0. The minimum absolute atomic E-state index is 0.201. The van der Waals surface area contributed by atoms with Crippen LogP contribution in [0.25, 0.3) is 0 Å². The second-order valence-electron chi connectivity index (χ2n) is 3.88. The predicted octanol–water partition coefficient (Wildman–Crippen LogP) is 1.78. The van der Waals surface area contributed by atoms with Gasteiger partial charge in [0.1, 0.15) is 5.82 Å². The van der Waals surface area contributed by atoms with Crippen LogP contribution in [0.15, 0.2) is 42.7 Å². The molecule has 0 aliphatic heterocycles. The number of nitrogens with two attached hydrogens (primary N) is 1. The van der Waals surface area contributed by atoms with Gasteiger partial charge >= 0.3 is 0 Å². The summed E-state index contributed by atoms with van der Waals surface area (Å²) in [6, 6.07) is 7.58. The first-order valence-corrected chi connectivity index (χ1v) is 5.58. The Morgan fingerprint density at radius 1 is 1.37 bits per heavy atom. The molecule has 0 atom stereocenters. The fourth-order valence-corrected chi connectivity index (χ4v) is 1.71. The highest BCUT2D eigenvalue weighted by atomic mass is 19.1. The molecule has 0 saturated heterocycles. The number of nitrogen functional groups attached to an aromatic ring is 1. The molecule has 5 nitrogen and oxygen atoms in total. The Kier molecular flexibility index (Phi) is 3.72. The molecule has 0 saturated carbocycles. The van der Waals surface area contributed by atoms with E-state index in [-0.39, 0.29) is 11.6 Å². The number of anilines is 2. The Morgan fingerprint density at radius 2 is 2.11 bits per heavy atom. The van der Waals surface area contributed by atoms with Gasteiger partial charge in [-0.2, -0.15) is 0 Å². The summed E-state index contributed by atoms with van der Waals surface area (Å²) in [6.07, 6.45) is 2.91. The fraction of sp³-hybridized carbons (Fsp3) is 0.0769. The summed E-state index contributed by atoms with van der Waals surface area (Å²) in [7, 11) is 1.50. The van der Waals surface area contributed by atoms with Gasteiger partial charge in [0.05, 0.1) is 23.1 Å². The van der Waals surface area contributed by atoms with Gasteiger partial charge in [-0.25, -0.2) is 4.39 Å². The standard InChI is InChI=1S/C13H13FN4O/c1-18(12-5-3-2-4-10(12)14)13(19)9-6-7-16-8-11(9)17-15/h2-8,17H,15H2,1H3. The smallest absolute Gasteiger partial charge is 0.260 e. The minimum Gasteiger partial charge on any atom is -0.322 e. The van der Waals surface area contributed by atoms with Crippen molar-refractivity contribution < 1.29 is 9.18 Å². The summed E-state index contributed by atoms with van der Waals surface area (Å²) < 4.78 is 13.7. The molecule has 2 rings (SSSR count). The molecular weight excluding hydrogens is 247 g/mol. The molecule has 1 heterocycles. The van der Waals surface area contributed by atoms with Crippen molar-refractivity contribution in [3.8, 4) is 0 Å². The highest BCUT2D eigenvalue weighted by Crippen LogP contribution is 2.21. The Morgan fingerprint density at radius 3 is 2.79 bits per heavy atom. The third kappa shape index (κ3) is 2.53. The second-order valence-corrected chi connectivity index (χ2v) is 3.88. The van der Waals surface area contributed by atoms with Crippen molar-refractivity contribution in [1.29, 1.82) is 0 Å². The number of aromatic nitrogens is 1. The molecule has 0 radical (unpaired) electrons. The van der Waals surface area contributed by atoms with Crippen LogP contribution in [-0.4, -0.2) is 17.9 Å². The normalized spacial score (nSPS) is 10.1. The zero-order chi connectivity index (χ0) is 13.8. The summed E-state index contributed by atoms with van der Waals surface area (Å²) in [5.41, 5.74) is 3.30. The van der Waals surface area contributed by atoms with Crippen LogP contribution in [-0.2, 0) is 0 Å². The van der Waals surface area contributed by atoms with E-state index in [9.17, 15) is 9.18 Å². The lowest BCUT2D eigenvalue weighted by Crippen LogP contribution is -2.28. The van der Waals surface area contributed by atoms with E-state index in [0.717, 1.165) is 0 Å². The molecule has 0 aliphatic rings. The van der Waals surface area contributed by atoms with E-state index in [1.807, 2.05) is 0 Å². The molecule has 6 heteroatoms. The van der Waals surface area contributed by atoms with E-state index < -0.39 is 5.82 Å². The van der Waals surface area contributed by atoms with Crippen LogP contribution >= 0.6 is 0 Å². The van der Waals surface area contributed by atoms with Crippen molar-refractivity contribution in [2.75, 3.05) is 17.4 Å². The van der Waals surface area contributed by atoms with E-state index in [2.05, 4.69) is 10.4 Å². The van der Waals surface area contributed by atoms with Crippen molar-refractivity contribution in [3.05, 3.63) is 54.1 Å². The zero-order valence-corrected chi connectivity index (χ0v) is 10.3. The van der Waals surface area contributed by atoms with Crippen molar-refractivity contribution >= 4 is 17.3 Å². The van der Waals surface area contributed by atoms with Crippen LogP contribution in [0.4, 0.5) is 15.8 Å². The van der Waals surface area contributed by atoms with Crippen LogP contribution in [0.5, 0.6) is 0 Å². The van der Waals surface area contributed by atoms with Crippen LogP contribution in [0, 0.1) is 5.82 Å². The van der Waals surface area contributed by atoms with Crippen molar-refractivity contribution in [1.82, 2.24) is 4.98 Å². The number of amides is 1. The average Bonchev–Trinajstić information content (AvgIpc) is 2.46. The van der Waals surface area contributed by atoms with Gasteiger partial charge in [0, 0.05) is 13.2 Å². The van der Waals surface area contributed by atoms with E-state index in [1.165, 1.54) is 42.5 Å². The van der Waals surface area contributed by atoms with Gasteiger partial charge in [0.25, 0.3) is 5.91 Å². The van der Waals surface area contributed by atoms with Gasteiger partial charge < -0.3 is 10.3 Å². The monoisotopic (exact) mass is 260 g/mol. The molecule has 0 aliphatic carbocycles. The largest absolute Gasteiger partial charge is 0.322 e. The maximum atomic E-state index is 13.7. The van der Waals surface area contributed by atoms with E-state index in [0.29, 0.717) is 11.3 Å². The quantitative estimate of drug-likeness (QED) is 0.652. The maximum Gasteiger partial charge on any atom is 0.260 e. The Bertz CT molecular complexity index is 603. The van der Waals surface area contributed by atoms with Gasteiger partial charge in [0.15, 0.2) is 0 Å². The fourth-order valence-electron chi connectivity index (χ4n) is 1.71. The third-order valence-corrected chi connectivity index (χ3v) is 2.73. The molecule has 0 unspecified atom stereocenters. The lowest BCUT2D eigenvalue weighted by molar-refractivity contribution is 0.0993. The lowest BCUT2D eigenvalue weighted by atomic mass is 10.2. The summed E-state index contributed by atoms with van der Waals surface area (Å²) in [5, 5.41) is 0. The molecule has 0 bridgehead atoms. The first-order chi connectivity index (χ1) is 9.15. The number of halogens is 1. The number of rotatable bonds is 3. The highest BCUT2D eigenvalue weighted by Gasteiger charge is 2.18. The van der Waals surface area contributed by atoms with Gasteiger partial charge in [-0.3, -0.25) is 15.6 Å². The molecule has 1 aromatic carbocycles. The molecule has 0 spiro atoms. The van der Waals surface area contributed by atoms with E-state index >= 15 is 0 Å². The minimum atomic E-state index is -0.463. The number of hydrogen-bond acceptors (Lipinski definition) is 4. The first-order valence-electron chi connectivity index (χ1n) is 5.58. The SMILES string of the molecule is CN(C(=O)c1ccncc1NN)c1ccccc1F. The van der Waals surface area contributed by atoms with Crippen molar-refractivity contribution in [2.45, 2.75) is 0 Å². The number of nitrogens with zero attached hydrogens (tertiary/aromatic N) is 2. The molecule has 19 heavy (non-hydrogen) atoms. The number of carbonyl (C=O) groups excluding carboxylic acids is 1. The molecule has 3 N–H and O–H groups in total. The molecular formula is C13H13FN4O. The molecule has 2 aromatic rings. The summed E-state index contributed by atoms with van der Waals surface area (Å²) >= 11 is 0. The third-order valence-electron chi connectivity index (χ3n) is 2.73. The van der Waals surface area contributed by atoms with Gasteiger partial charge in [-0.05, 0) is 18.2 Å². The molecule has 0 fully saturated rings. The summed E-state index contributed by atoms with van der Waals surface area (Å²) in [5.74, 6) is 4.48. The number of nitrogens with one attached hydrogen (secondary N) is 1. The molecule has 1 aromatic heterocycles. The number of carbonyl (C=O) groups is 1. The topological polar surface area (TPSA) is 71.2 Å². The van der Waals surface area contributed by atoms with Gasteiger partial charge in [-0.15, -0.1) is 0 Å². The predicted molar refractivity (Wildman–Crippen MR) is 71.2 cm³/mol. The second kappa shape index (κ2) is 5.45. The van der Waals surface area contributed by atoms with Crippen LogP contribution in [0.3, 0.4) is 0 Å². The zero-order valence-electron chi connectivity index (χ0n) is 10.3.